The molecule has 0 spiro atoms. The van der Waals surface area contributed by atoms with Crippen LogP contribution in [0.3, 0.4) is 0 Å². The topological polar surface area (TPSA) is 102 Å². The Balaban J connectivity index is -0.000000256. The van der Waals surface area contributed by atoms with Gasteiger partial charge in [-0.2, -0.15) is 0 Å². The zero-order valence-corrected chi connectivity index (χ0v) is 32.5. The number of esters is 1. The highest BCUT2D eigenvalue weighted by Gasteiger charge is 2.15. The number of aliphatic hydroxyl groups is 1. The minimum Gasteiger partial charge on any atom is -0.465 e. The number of carbonyl (C=O) groups excluding carboxylic acids is 2. The van der Waals surface area contributed by atoms with Gasteiger partial charge in [-0.05, 0) is 63.7 Å². The molecule has 0 radical (unpaired) electrons. The maximum absolute atomic E-state index is 11.5. The molecule has 46 heavy (non-hydrogen) atoms. The Morgan fingerprint density at radius 1 is 1.04 bits per heavy atom. The lowest BCUT2D eigenvalue weighted by molar-refractivity contribution is -0.135. The normalized spacial score (nSPS) is 19.2. The van der Waals surface area contributed by atoms with Crippen LogP contribution in [0.2, 0.25) is 0 Å². The molecular weight excluding hydrogens is 617 g/mol. The molecule has 2 fully saturated rings. The summed E-state index contributed by atoms with van der Waals surface area (Å²) in [4.78, 5) is 22.5. The Morgan fingerprint density at radius 3 is 1.89 bits per heavy atom. The molecule has 268 valence electrons. The number of amides is 1. The van der Waals surface area contributed by atoms with Crippen molar-refractivity contribution in [1.29, 1.82) is 0 Å². The molecule has 2 rings (SSSR count). The summed E-state index contributed by atoms with van der Waals surface area (Å²) in [5.74, 6) is 1.54. The first-order chi connectivity index (χ1) is 21.8. The van der Waals surface area contributed by atoms with E-state index in [9.17, 15) is 14.2 Å². The van der Waals surface area contributed by atoms with E-state index in [1.54, 1.807) is 6.66 Å². The quantitative estimate of drug-likeness (QED) is 0.0557. The van der Waals surface area contributed by atoms with E-state index in [0.717, 1.165) is 35.2 Å². The van der Waals surface area contributed by atoms with Crippen molar-refractivity contribution in [2.24, 2.45) is 11.8 Å². The molecule has 1 amide bonds. The Morgan fingerprint density at radius 2 is 1.54 bits per heavy atom. The monoisotopic (exact) mass is 685 g/mol. The van der Waals surface area contributed by atoms with Crippen LogP contribution in [-0.4, -0.2) is 50.1 Å². The molecule has 0 aromatic heterocycles. The molecule has 2 saturated carbocycles. The minimum atomic E-state index is -2.33. The SMILES string of the molecule is C#C.C/C=C(\C)CP(C)(=O)OCC.C=C(C/C=C\C)S/C(=C/NC=O)C(=O)OC.CC.CC1CCC(C)CC1.OC1CCCCC1. The maximum atomic E-state index is 11.5. The zero-order valence-electron chi connectivity index (χ0n) is 30.8. The number of allylic oxidation sites excluding steroid dienone is 5. The fourth-order valence-electron chi connectivity index (χ4n) is 4.16. The van der Waals surface area contributed by atoms with E-state index in [2.05, 4.69) is 43.3 Å². The Labute approximate surface area is 288 Å². The van der Waals surface area contributed by atoms with E-state index in [4.69, 9.17) is 9.63 Å². The van der Waals surface area contributed by atoms with Gasteiger partial charge in [0.1, 0.15) is 4.91 Å². The predicted octanol–water partition coefficient (Wildman–Crippen LogP) is 10.3. The van der Waals surface area contributed by atoms with Crippen molar-refractivity contribution in [3.63, 3.8) is 0 Å². The number of ether oxygens (including phenoxy) is 1. The van der Waals surface area contributed by atoms with Crippen LogP contribution in [0.4, 0.5) is 0 Å². The van der Waals surface area contributed by atoms with Crippen molar-refractivity contribution in [3.05, 3.63) is 46.4 Å². The second-order valence-electron chi connectivity index (χ2n) is 11.1. The van der Waals surface area contributed by atoms with E-state index >= 15 is 0 Å². The molecule has 2 N–H and O–H groups in total. The van der Waals surface area contributed by atoms with Gasteiger partial charge in [0.15, 0.2) is 0 Å². The molecule has 7 nitrogen and oxygen atoms in total. The number of rotatable bonds is 11. The molecule has 1 unspecified atom stereocenters. The molecule has 2 aliphatic carbocycles. The number of nitrogens with one attached hydrogen (secondary N) is 1. The molecule has 0 saturated heterocycles. The number of hydrogen-bond acceptors (Lipinski definition) is 7. The van der Waals surface area contributed by atoms with Crippen molar-refractivity contribution in [1.82, 2.24) is 5.32 Å². The second kappa shape index (κ2) is 35.8. The van der Waals surface area contributed by atoms with Crippen molar-refractivity contribution >= 4 is 31.5 Å². The first-order valence-electron chi connectivity index (χ1n) is 16.6. The van der Waals surface area contributed by atoms with Crippen LogP contribution < -0.4 is 5.32 Å². The van der Waals surface area contributed by atoms with Gasteiger partial charge in [0, 0.05) is 19.0 Å². The van der Waals surface area contributed by atoms with Crippen molar-refractivity contribution < 1.29 is 28.5 Å². The van der Waals surface area contributed by atoms with Crippen LogP contribution in [0.25, 0.3) is 0 Å². The Hall–Kier alpha value is -2.04. The summed E-state index contributed by atoms with van der Waals surface area (Å²) in [5, 5.41) is 11.2. The van der Waals surface area contributed by atoms with E-state index in [-0.39, 0.29) is 6.10 Å². The third kappa shape index (κ3) is 34.8. The minimum absolute atomic E-state index is 0.0359. The third-order valence-corrected chi connectivity index (χ3v) is 9.65. The lowest BCUT2D eigenvalue weighted by atomic mass is 9.84. The molecule has 0 aromatic carbocycles. The fraction of sp³-hybridized carbons (Fsp3) is 0.676. The smallest absolute Gasteiger partial charge is 0.346 e. The number of thioether (sulfide) groups is 1. The third-order valence-electron chi connectivity index (χ3n) is 6.82. The number of aliphatic hydroxyl groups excluding tert-OH is 1. The standard InChI is InChI=1S/C11H15NO3S.C8H17O2P.C8H16.C6H12O.C2H6.C2H2/c1-4-5-6-9(2)16-10(7-12-8-13)11(14)15-3;1-5-8(3)7-11(4,9)10-6-2;1-7-3-5-8(2)6-4-7;7-6-4-2-1-3-5-6;2*1-2/h4-5,7-8H,2,6H2,1,3H3,(H,12,13);5H,6-7H2,1-4H3;7-8H,3-6H2,1-2H3;6-7H,1-5H2;1-2H3;1-2H/b5-4-,10-7+;8-5+;;;;. The van der Waals surface area contributed by atoms with Crippen LogP contribution >= 0.6 is 19.1 Å². The number of hydrogen-bond donors (Lipinski definition) is 2. The second-order valence-corrected chi connectivity index (χ2v) is 14.9. The van der Waals surface area contributed by atoms with Crippen LogP contribution in [0.5, 0.6) is 0 Å². The van der Waals surface area contributed by atoms with Gasteiger partial charge in [-0.1, -0.05) is 115 Å². The zero-order chi connectivity index (χ0) is 36.4. The highest BCUT2D eigenvalue weighted by Crippen LogP contribution is 2.43. The maximum Gasteiger partial charge on any atom is 0.346 e. The molecule has 0 bridgehead atoms. The van der Waals surface area contributed by atoms with Crippen LogP contribution in [0, 0.1) is 24.7 Å². The van der Waals surface area contributed by atoms with Crippen LogP contribution in [0.1, 0.15) is 120 Å². The average Bonchev–Trinajstić information content (AvgIpc) is 3.05. The molecule has 9 heteroatoms. The van der Waals surface area contributed by atoms with Crippen LogP contribution in [0.15, 0.2) is 46.4 Å². The molecular formula is C37H68NO6PS. The lowest BCUT2D eigenvalue weighted by Gasteiger charge is -2.22. The van der Waals surface area contributed by atoms with Gasteiger partial charge in [-0.15, -0.1) is 12.8 Å². The predicted molar refractivity (Wildman–Crippen MR) is 202 cm³/mol. The van der Waals surface area contributed by atoms with Crippen molar-refractivity contribution in [2.45, 2.75) is 126 Å². The summed E-state index contributed by atoms with van der Waals surface area (Å²) in [6.45, 7) is 22.4. The van der Waals surface area contributed by atoms with Gasteiger partial charge < -0.3 is 19.7 Å². The number of carbonyl (C=O) groups is 2. The van der Waals surface area contributed by atoms with E-state index in [1.807, 2.05) is 59.8 Å². The number of terminal acetylenes is 1. The Kier molecular flexibility index (Phi) is 39.6. The lowest BCUT2D eigenvalue weighted by Crippen LogP contribution is -2.09. The fourth-order valence-corrected chi connectivity index (χ4v) is 6.67. The Bertz CT molecular complexity index is 904. The van der Waals surface area contributed by atoms with Gasteiger partial charge >= 0.3 is 5.97 Å². The van der Waals surface area contributed by atoms with Crippen molar-refractivity contribution in [2.75, 3.05) is 26.5 Å². The summed E-state index contributed by atoms with van der Waals surface area (Å²) < 4.78 is 21.2. The van der Waals surface area contributed by atoms with Gasteiger partial charge in [-0.25, -0.2) is 4.79 Å². The van der Waals surface area contributed by atoms with Gasteiger partial charge in [-0.3, -0.25) is 9.36 Å². The van der Waals surface area contributed by atoms with E-state index in [1.165, 1.54) is 70.0 Å². The molecule has 0 heterocycles. The first kappa shape index (κ1) is 50.8. The van der Waals surface area contributed by atoms with E-state index in [0.29, 0.717) is 30.5 Å². The average molecular weight is 686 g/mol. The molecule has 0 aliphatic heterocycles. The summed E-state index contributed by atoms with van der Waals surface area (Å²) in [6.07, 6.45) is 28.6. The highest BCUT2D eigenvalue weighted by molar-refractivity contribution is 8.07. The van der Waals surface area contributed by atoms with Gasteiger partial charge in [0.25, 0.3) is 0 Å². The van der Waals surface area contributed by atoms with Gasteiger partial charge in [0.2, 0.25) is 13.8 Å². The summed E-state index contributed by atoms with van der Waals surface area (Å²) >= 11 is 1.18. The summed E-state index contributed by atoms with van der Waals surface area (Å²) in [6, 6.07) is 0. The van der Waals surface area contributed by atoms with Gasteiger partial charge in [0.05, 0.1) is 19.8 Å². The largest absolute Gasteiger partial charge is 0.465 e. The molecule has 1 atom stereocenters. The van der Waals surface area contributed by atoms with Crippen LogP contribution in [-0.2, 0) is 23.4 Å². The summed E-state index contributed by atoms with van der Waals surface area (Å²) in [7, 11) is -1.05. The summed E-state index contributed by atoms with van der Waals surface area (Å²) in [5.41, 5.74) is 1.13. The first-order valence-corrected chi connectivity index (χ1v) is 19.7. The number of methoxy groups -OCH3 is 1. The van der Waals surface area contributed by atoms with Crippen molar-refractivity contribution in [3.8, 4) is 12.8 Å². The highest BCUT2D eigenvalue weighted by atomic mass is 32.2. The molecule has 2 aliphatic rings. The molecule has 0 aromatic rings. The van der Waals surface area contributed by atoms with E-state index < -0.39 is 13.3 Å².